The minimum atomic E-state index is -0.330. The Morgan fingerprint density at radius 1 is 0.696 bits per heavy atom. The lowest BCUT2D eigenvalue weighted by Gasteiger charge is -2.33. The van der Waals surface area contributed by atoms with Crippen LogP contribution < -0.4 is 29.9 Å². The number of hydrogen-bond acceptors (Lipinski definition) is 17. The fraction of sp³-hybridized carbons (Fsp3) is 0.568. The van der Waals surface area contributed by atoms with E-state index in [2.05, 4.69) is 35.2 Å². The molecule has 2 aliphatic rings. The molecular formula is C37H53N13O6. The van der Waals surface area contributed by atoms with Gasteiger partial charge in [0.05, 0.1) is 38.6 Å². The Hall–Kier alpha value is -5.24. The maximum Gasteiger partial charge on any atom is 0.281 e. The number of fused-ring (bicyclic) bond motifs is 2. The fourth-order valence-electron chi connectivity index (χ4n) is 6.89. The van der Waals surface area contributed by atoms with Crippen LogP contribution in [-0.2, 0) is 0 Å². The number of rotatable bonds is 16. The second-order valence-corrected chi connectivity index (χ2v) is 13.6. The molecule has 0 saturated carbocycles. The number of aliphatic hydroxyl groups excluding tert-OH is 4. The maximum absolute atomic E-state index is 11.9. The average Bonchev–Trinajstić information content (AvgIpc) is 3.73. The molecule has 0 amide bonds. The number of nitrogens with one attached hydrogen (secondary N) is 2. The predicted octanol–water partition coefficient (Wildman–Crippen LogP) is 1.48. The first kappa shape index (κ1) is 40.4. The van der Waals surface area contributed by atoms with Crippen molar-refractivity contribution in [2.75, 3.05) is 105 Å². The summed E-state index contributed by atoms with van der Waals surface area (Å²) in [7, 11) is 0. The van der Waals surface area contributed by atoms with Crippen molar-refractivity contribution in [3.63, 3.8) is 0 Å². The van der Waals surface area contributed by atoms with Crippen LogP contribution in [0.15, 0.2) is 29.1 Å². The molecular weight excluding hydrogens is 722 g/mol. The van der Waals surface area contributed by atoms with E-state index in [-0.39, 0.29) is 37.5 Å². The van der Waals surface area contributed by atoms with Crippen LogP contribution in [0.2, 0.25) is 0 Å². The van der Waals surface area contributed by atoms with E-state index in [0.717, 1.165) is 75.5 Å². The van der Waals surface area contributed by atoms with Crippen molar-refractivity contribution in [1.82, 2.24) is 45.3 Å². The number of hydrogen-bond donors (Lipinski definition) is 6. The van der Waals surface area contributed by atoms with Crippen LogP contribution >= 0.6 is 0 Å². The van der Waals surface area contributed by atoms with Gasteiger partial charge in [0.1, 0.15) is 22.6 Å². The van der Waals surface area contributed by atoms with Crippen LogP contribution in [0, 0.1) is 0 Å². The summed E-state index contributed by atoms with van der Waals surface area (Å²) in [5, 5.41) is 48.4. The van der Waals surface area contributed by atoms with E-state index in [4.69, 9.17) is 24.7 Å². The molecule has 302 valence electrons. The molecule has 56 heavy (non-hydrogen) atoms. The number of nitrogens with zero attached hydrogens (tertiary/aromatic N) is 11. The zero-order valence-electron chi connectivity index (χ0n) is 32.0. The number of aromatic amines is 2. The number of piperidine rings is 2. The lowest BCUT2D eigenvalue weighted by molar-refractivity contribution is 0.279. The van der Waals surface area contributed by atoms with Gasteiger partial charge in [-0.2, -0.15) is 9.97 Å². The van der Waals surface area contributed by atoms with Crippen molar-refractivity contribution in [2.45, 2.75) is 51.9 Å². The highest BCUT2D eigenvalue weighted by Gasteiger charge is 2.27. The first-order chi connectivity index (χ1) is 27.5. The minimum absolute atomic E-state index is 0.0772. The molecule has 4 aromatic heterocycles. The third-order valence-electron chi connectivity index (χ3n) is 9.64. The van der Waals surface area contributed by atoms with Crippen molar-refractivity contribution in [3.05, 3.63) is 34.6 Å². The molecule has 2 saturated heterocycles. The third kappa shape index (κ3) is 9.58. The molecule has 0 aliphatic carbocycles. The molecule has 0 radical (unpaired) electrons. The summed E-state index contributed by atoms with van der Waals surface area (Å²) < 4.78 is 5.67. The van der Waals surface area contributed by atoms with Crippen LogP contribution in [0.4, 0.5) is 23.5 Å². The molecule has 2 fully saturated rings. The van der Waals surface area contributed by atoms with Crippen molar-refractivity contribution in [1.29, 1.82) is 0 Å². The maximum atomic E-state index is 11.9. The van der Waals surface area contributed by atoms with E-state index in [1.165, 1.54) is 12.8 Å². The van der Waals surface area contributed by atoms with Crippen LogP contribution in [0.3, 0.4) is 0 Å². The van der Waals surface area contributed by atoms with E-state index in [9.17, 15) is 25.2 Å². The van der Waals surface area contributed by atoms with E-state index in [1.807, 2.05) is 31.2 Å². The van der Waals surface area contributed by atoms with E-state index in [1.54, 1.807) is 9.80 Å². The van der Waals surface area contributed by atoms with Gasteiger partial charge in [-0.05, 0) is 57.1 Å². The minimum Gasteiger partial charge on any atom is -0.493 e. The van der Waals surface area contributed by atoms with E-state index >= 15 is 0 Å². The van der Waals surface area contributed by atoms with Crippen LogP contribution in [-0.4, -0.2) is 151 Å². The van der Waals surface area contributed by atoms with Crippen LogP contribution in [0.1, 0.15) is 51.9 Å². The highest BCUT2D eigenvalue weighted by atomic mass is 16.5. The largest absolute Gasteiger partial charge is 0.493 e. The lowest BCUT2D eigenvalue weighted by atomic mass is 10.1. The summed E-state index contributed by atoms with van der Waals surface area (Å²) in [5.74, 6) is 3.46. The van der Waals surface area contributed by atoms with Gasteiger partial charge in [-0.25, -0.2) is 20.1 Å². The second-order valence-electron chi connectivity index (χ2n) is 13.6. The summed E-state index contributed by atoms with van der Waals surface area (Å²) >= 11 is 0. The van der Waals surface area contributed by atoms with Gasteiger partial charge in [-0.15, -0.1) is 5.10 Å². The molecule has 1 aromatic carbocycles. The zero-order valence-corrected chi connectivity index (χ0v) is 32.0. The zero-order chi connectivity index (χ0) is 39.3. The van der Waals surface area contributed by atoms with Gasteiger partial charge < -0.3 is 49.7 Å². The number of H-pyrrole nitrogens is 2. The fourth-order valence-corrected chi connectivity index (χ4v) is 6.89. The van der Waals surface area contributed by atoms with E-state index < -0.39 is 0 Å². The summed E-state index contributed by atoms with van der Waals surface area (Å²) in [6.07, 6.45) is 7.51. The van der Waals surface area contributed by atoms with Crippen molar-refractivity contribution < 1.29 is 25.2 Å². The van der Waals surface area contributed by atoms with Gasteiger partial charge in [0.15, 0.2) is 22.8 Å². The number of aliphatic hydroxyl groups is 4. The molecule has 0 spiro atoms. The van der Waals surface area contributed by atoms with Gasteiger partial charge in [-0.3, -0.25) is 4.79 Å². The first-order valence-corrected chi connectivity index (χ1v) is 19.6. The van der Waals surface area contributed by atoms with Crippen molar-refractivity contribution in [3.8, 4) is 17.1 Å². The average molecular weight is 776 g/mol. The van der Waals surface area contributed by atoms with Crippen LogP contribution in [0.25, 0.3) is 33.6 Å². The van der Waals surface area contributed by atoms with Crippen molar-refractivity contribution >= 4 is 45.7 Å². The summed E-state index contributed by atoms with van der Waals surface area (Å²) in [5.41, 5.74) is 2.26. The molecule has 7 rings (SSSR count). The normalized spacial score (nSPS) is 14.5. The Balaban J connectivity index is 0.000000223. The highest BCUT2D eigenvalue weighted by molar-refractivity contribution is 5.95. The SMILES string of the molecule is CCCOc1ccccc1-c1nc2[nH]nnc2c(=O)[nH]1.OCCN(CCO)c1nc(N2CCCCC2)c2nc(N(CCO)CCO)nc(N3CCCCC3)c2n1. The third-order valence-corrected chi connectivity index (χ3v) is 9.64. The number of aromatic nitrogens is 9. The van der Waals surface area contributed by atoms with Gasteiger partial charge in [-0.1, -0.05) is 24.3 Å². The van der Waals surface area contributed by atoms with Gasteiger partial charge in [0.2, 0.25) is 11.9 Å². The van der Waals surface area contributed by atoms with Crippen LogP contribution in [0.5, 0.6) is 5.75 Å². The van der Waals surface area contributed by atoms with Gasteiger partial charge >= 0.3 is 0 Å². The molecule has 19 heteroatoms. The number of para-hydroxylation sites is 1. The number of anilines is 4. The Bertz CT molecular complexity index is 1960. The Morgan fingerprint density at radius 3 is 1.71 bits per heavy atom. The highest BCUT2D eigenvalue weighted by Crippen LogP contribution is 2.35. The standard InChI is InChI=1S/C24H40N8O4.C13H13N5O2/c33-15-11-31(12-16-34)23-26-20-19(21(27-23)29-7-3-1-4-8-29)25-24(32(13-17-35)14-18-36)28-22(20)30-9-5-2-6-10-30;1-2-7-20-9-6-4-3-5-8(9)11-14-12-10(13(19)15-11)16-18-17-12/h33-36H,1-18H2;3-6H,2,7H2,1H3,(H2,14,15,16,17,18,19). The first-order valence-electron chi connectivity index (χ1n) is 19.6. The number of benzene rings is 1. The summed E-state index contributed by atoms with van der Waals surface area (Å²) in [6, 6.07) is 7.44. The molecule has 5 aromatic rings. The molecule has 2 aliphatic heterocycles. The number of ether oxygens (including phenoxy) is 1. The predicted molar refractivity (Wildman–Crippen MR) is 214 cm³/mol. The quantitative estimate of drug-likeness (QED) is 0.0832. The Kier molecular flexibility index (Phi) is 14.5. The molecule has 6 heterocycles. The molecule has 19 nitrogen and oxygen atoms in total. The molecule has 0 atom stereocenters. The molecule has 6 N–H and O–H groups in total. The summed E-state index contributed by atoms with van der Waals surface area (Å²) in [6.45, 7) is 7.02. The smallest absolute Gasteiger partial charge is 0.281 e. The monoisotopic (exact) mass is 775 g/mol. The summed E-state index contributed by atoms with van der Waals surface area (Å²) in [4.78, 5) is 46.7. The molecule has 0 unspecified atom stereocenters. The topological polar surface area (TPSA) is 242 Å². The Morgan fingerprint density at radius 2 is 1.21 bits per heavy atom. The van der Waals surface area contributed by atoms with Crippen molar-refractivity contribution in [2.24, 2.45) is 0 Å². The lowest BCUT2D eigenvalue weighted by Crippen LogP contribution is -2.36. The van der Waals surface area contributed by atoms with E-state index in [0.29, 0.717) is 72.9 Å². The van der Waals surface area contributed by atoms with Gasteiger partial charge in [0, 0.05) is 52.4 Å². The second kappa shape index (κ2) is 20.1. The van der Waals surface area contributed by atoms with Gasteiger partial charge in [0.25, 0.3) is 5.56 Å². The Labute approximate surface area is 324 Å². The molecule has 0 bridgehead atoms.